The van der Waals surface area contributed by atoms with E-state index in [4.69, 9.17) is 10.0 Å². The van der Waals surface area contributed by atoms with Crippen LogP contribution in [0, 0.1) is 15.2 Å². The standard InChI is InChI=1S/C12H9BF2INO4S/c14-7-4-5-11(9(16)6-7)22(20,21)17-10-3-1-2-8(12(10)15)13(18)19/h1-6,17-19H. The van der Waals surface area contributed by atoms with E-state index in [9.17, 15) is 17.2 Å². The summed E-state index contributed by atoms with van der Waals surface area (Å²) in [6.45, 7) is 0. The predicted molar refractivity (Wildman–Crippen MR) is 86.2 cm³/mol. The molecule has 2 aromatic carbocycles. The number of hydrogen-bond donors (Lipinski definition) is 3. The first-order valence-corrected chi connectivity index (χ1v) is 8.41. The second kappa shape index (κ2) is 6.48. The zero-order valence-electron chi connectivity index (χ0n) is 10.8. The molecule has 0 aliphatic carbocycles. The molecule has 2 aromatic rings. The molecule has 0 radical (unpaired) electrons. The average molecular weight is 439 g/mol. The summed E-state index contributed by atoms with van der Waals surface area (Å²) in [4.78, 5) is -0.219. The van der Waals surface area contributed by atoms with Gasteiger partial charge in [-0.3, -0.25) is 4.72 Å². The van der Waals surface area contributed by atoms with Crippen LogP contribution in [0.2, 0.25) is 0 Å². The van der Waals surface area contributed by atoms with E-state index in [2.05, 4.69) is 0 Å². The number of benzene rings is 2. The summed E-state index contributed by atoms with van der Waals surface area (Å²) in [6.07, 6.45) is 0. The molecule has 22 heavy (non-hydrogen) atoms. The van der Waals surface area contributed by atoms with Gasteiger partial charge in [-0.25, -0.2) is 17.2 Å². The van der Waals surface area contributed by atoms with Crippen molar-refractivity contribution in [2.45, 2.75) is 4.90 Å². The molecular weight excluding hydrogens is 430 g/mol. The first kappa shape index (κ1) is 17.1. The van der Waals surface area contributed by atoms with Crippen molar-refractivity contribution in [3.05, 3.63) is 51.6 Å². The molecule has 0 saturated heterocycles. The van der Waals surface area contributed by atoms with Crippen LogP contribution in [0.3, 0.4) is 0 Å². The molecule has 0 amide bonds. The van der Waals surface area contributed by atoms with Gasteiger partial charge in [0.15, 0.2) is 0 Å². The molecular formula is C12H9BF2INO4S. The van der Waals surface area contributed by atoms with Gasteiger partial charge >= 0.3 is 7.12 Å². The number of hydrogen-bond acceptors (Lipinski definition) is 4. The Morgan fingerprint density at radius 1 is 1.14 bits per heavy atom. The van der Waals surface area contributed by atoms with Gasteiger partial charge in [0.05, 0.1) is 5.69 Å². The van der Waals surface area contributed by atoms with Crippen molar-refractivity contribution in [1.82, 2.24) is 0 Å². The van der Waals surface area contributed by atoms with Crippen LogP contribution in [-0.4, -0.2) is 25.6 Å². The summed E-state index contributed by atoms with van der Waals surface area (Å²) in [5.41, 5.74) is -0.903. The molecule has 0 aliphatic rings. The van der Waals surface area contributed by atoms with E-state index in [1.807, 2.05) is 4.72 Å². The molecule has 0 aromatic heterocycles. The van der Waals surface area contributed by atoms with E-state index >= 15 is 0 Å². The van der Waals surface area contributed by atoms with Gasteiger partial charge in [0.25, 0.3) is 10.0 Å². The van der Waals surface area contributed by atoms with Crippen LogP contribution >= 0.6 is 22.6 Å². The minimum absolute atomic E-state index is 0.129. The van der Waals surface area contributed by atoms with Crippen LogP contribution in [0.15, 0.2) is 41.3 Å². The Kier molecular flexibility index (Phi) is 5.05. The summed E-state index contributed by atoms with van der Waals surface area (Å²) in [5.74, 6) is -1.70. The number of nitrogens with one attached hydrogen (secondary N) is 1. The van der Waals surface area contributed by atoms with E-state index in [1.54, 1.807) is 22.6 Å². The lowest BCUT2D eigenvalue weighted by Crippen LogP contribution is -2.33. The Hall–Kier alpha value is -1.24. The highest BCUT2D eigenvalue weighted by atomic mass is 127. The second-order valence-electron chi connectivity index (χ2n) is 4.26. The minimum atomic E-state index is -4.15. The molecule has 0 unspecified atom stereocenters. The monoisotopic (exact) mass is 439 g/mol. The lowest BCUT2D eigenvalue weighted by atomic mass is 9.80. The Bertz CT molecular complexity index is 817. The van der Waals surface area contributed by atoms with Crippen molar-refractivity contribution >= 4 is 50.9 Å². The maximum absolute atomic E-state index is 14.0. The molecule has 10 heteroatoms. The third-order valence-corrected chi connectivity index (χ3v) is 5.42. The summed E-state index contributed by atoms with van der Waals surface area (Å²) < 4.78 is 53.7. The molecule has 5 nitrogen and oxygen atoms in total. The molecule has 0 heterocycles. The molecule has 0 saturated carbocycles. The third kappa shape index (κ3) is 3.56. The average Bonchev–Trinajstić information content (AvgIpc) is 2.40. The first-order valence-electron chi connectivity index (χ1n) is 5.85. The molecule has 0 aliphatic heterocycles. The summed E-state index contributed by atoms with van der Waals surface area (Å²) >= 11 is 1.65. The highest BCUT2D eigenvalue weighted by Crippen LogP contribution is 2.23. The van der Waals surface area contributed by atoms with E-state index < -0.39 is 39.9 Å². The van der Waals surface area contributed by atoms with Crippen molar-refractivity contribution in [1.29, 1.82) is 0 Å². The van der Waals surface area contributed by atoms with Crippen LogP contribution in [0.1, 0.15) is 0 Å². The molecule has 0 fully saturated rings. The van der Waals surface area contributed by atoms with Crippen molar-refractivity contribution in [2.75, 3.05) is 4.72 Å². The summed E-state index contributed by atoms with van der Waals surface area (Å²) in [5, 5.41) is 18.0. The quantitative estimate of drug-likeness (QED) is 0.492. The number of sulfonamides is 1. The van der Waals surface area contributed by atoms with Gasteiger partial charge in [-0.2, -0.15) is 0 Å². The van der Waals surface area contributed by atoms with Crippen LogP contribution < -0.4 is 10.2 Å². The molecule has 0 bridgehead atoms. The van der Waals surface area contributed by atoms with E-state index in [-0.39, 0.29) is 8.47 Å². The molecule has 116 valence electrons. The largest absolute Gasteiger partial charge is 0.491 e. The van der Waals surface area contributed by atoms with Gasteiger partial charge in [0.2, 0.25) is 0 Å². The number of anilines is 1. The van der Waals surface area contributed by atoms with E-state index in [1.165, 1.54) is 6.07 Å². The fourth-order valence-corrected chi connectivity index (χ4v) is 4.19. The smallest absolute Gasteiger partial charge is 0.423 e. The minimum Gasteiger partial charge on any atom is -0.423 e. The highest BCUT2D eigenvalue weighted by Gasteiger charge is 2.23. The zero-order chi connectivity index (χ0) is 16.5. The Labute approximate surface area is 139 Å². The maximum atomic E-state index is 14.0. The Balaban J connectivity index is 2.43. The zero-order valence-corrected chi connectivity index (χ0v) is 13.8. The maximum Gasteiger partial charge on any atom is 0.491 e. The molecule has 3 N–H and O–H groups in total. The van der Waals surface area contributed by atoms with Gasteiger partial charge in [-0.1, -0.05) is 12.1 Å². The van der Waals surface area contributed by atoms with Gasteiger partial charge in [-0.05, 0) is 46.9 Å². The third-order valence-electron chi connectivity index (χ3n) is 2.73. The van der Waals surface area contributed by atoms with Gasteiger partial charge in [-0.15, -0.1) is 0 Å². The van der Waals surface area contributed by atoms with Crippen LogP contribution in [0.4, 0.5) is 14.5 Å². The predicted octanol–water partition coefficient (Wildman–Crippen LogP) is 1.05. The van der Waals surface area contributed by atoms with Gasteiger partial charge < -0.3 is 10.0 Å². The topological polar surface area (TPSA) is 86.6 Å². The van der Waals surface area contributed by atoms with Crippen LogP contribution in [0.5, 0.6) is 0 Å². The number of halogens is 3. The fraction of sp³-hybridized carbons (Fsp3) is 0. The van der Waals surface area contributed by atoms with Crippen LogP contribution in [-0.2, 0) is 10.0 Å². The first-order chi connectivity index (χ1) is 10.2. The molecule has 0 atom stereocenters. The lowest BCUT2D eigenvalue weighted by molar-refractivity contribution is 0.423. The van der Waals surface area contributed by atoms with Gasteiger partial charge in [0.1, 0.15) is 16.5 Å². The highest BCUT2D eigenvalue weighted by molar-refractivity contribution is 14.1. The molecule has 2 rings (SSSR count). The summed E-state index contributed by atoms with van der Waals surface area (Å²) in [6, 6.07) is 6.57. The Morgan fingerprint density at radius 2 is 1.82 bits per heavy atom. The van der Waals surface area contributed by atoms with Crippen molar-refractivity contribution in [3.63, 3.8) is 0 Å². The van der Waals surface area contributed by atoms with E-state index in [0.29, 0.717) is 0 Å². The SMILES string of the molecule is O=S(=O)(Nc1cccc(B(O)O)c1F)c1ccc(F)cc1I. The van der Waals surface area contributed by atoms with Crippen molar-refractivity contribution < 1.29 is 27.2 Å². The Morgan fingerprint density at radius 3 is 2.41 bits per heavy atom. The van der Waals surface area contributed by atoms with Crippen molar-refractivity contribution in [3.8, 4) is 0 Å². The molecule has 0 spiro atoms. The normalized spacial score (nSPS) is 11.3. The number of rotatable bonds is 4. The lowest BCUT2D eigenvalue weighted by Gasteiger charge is -2.12. The van der Waals surface area contributed by atoms with Crippen LogP contribution in [0.25, 0.3) is 0 Å². The van der Waals surface area contributed by atoms with Gasteiger partial charge in [0, 0.05) is 9.03 Å². The van der Waals surface area contributed by atoms with E-state index in [0.717, 1.165) is 30.3 Å². The summed E-state index contributed by atoms with van der Waals surface area (Å²) in [7, 11) is -6.23. The van der Waals surface area contributed by atoms with Crippen molar-refractivity contribution in [2.24, 2.45) is 0 Å². The second-order valence-corrected chi connectivity index (χ2v) is 7.08. The fourth-order valence-electron chi connectivity index (χ4n) is 1.72.